The second-order valence-corrected chi connectivity index (χ2v) is 7.20. The van der Waals surface area contributed by atoms with Gasteiger partial charge in [0.25, 0.3) is 0 Å². The molecule has 1 unspecified atom stereocenters. The summed E-state index contributed by atoms with van der Waals surface area (Å²) in [4.78, 5) is 19.0. The van der Waals surface area contributed by atoms with Crippen molar-refractivity contribution in [2.75, 3.05) is 18.4 Å². The average Bonchev–Trinajstić information content (AvgIpc) is 3.26. The van der Waals surface area contributed by atoms with Gasteiger partial charge in [-0.1, -0.05) is 30.3 Å². The number of hydrogen-bond donors (Lipinski definition) is 1. The largest absolute Gasteiger partial charge is 0.339 e. The first-order chi connectivity index (χ1) is 11.5. The highest BCUT2D eigenvalue weighted by Crippen LogP contribution is 2.28. The molecule has 0 radical (unpaired) electrons. The van der Waals surface area contributed by atoms with E-state index < -0.39 is 0 Å². The maximum absolute atomic E-state index is 12.3. The van der Waals surface area contributed by atoms with Crippen LogP contribution in [0, 0.1) is 0 Å². The van der Waals surface area contributed by atoms with Crippen LogP contribution < -0.4 is 5.32 Å². The van der Waals surface area contributed by atoms with Crippen molar-refractivity contribution in [2.45, 2.75) is 51.5 Å². The van der Waals surface area contributed by atoms with Crippen molar-refractivity contribution < 1.29 is 9.32 Å². The Kier molecular flexibility index (Phi) is 5.20. The summed E-state index contributed by atoms with van der Waals surface area (Å²) >= 11 is 1.32. The Morgan fingerprint density at radius 1 is 1.38 bits per heavy atom. The van der Waals surface area contributed by atoms with E-state index in [4.69, 9.17) is 4.52 Å². The van der Waals surface area contributed by atoms with E-state index in [1.165, 1.54) is 11.3 Å². The third-order valence-corrected chi connectivity index (χ3v) is 4.98. The van der Waals surface area contributed by atoms with E-state index in [9.17, 15) is 4.79 Å². The number of aromatic nitrogens is 4. The molecule has 1 aliphatic heterocycles. The van der Waals surface area contributed by atoms with Gasteiger partial charge in [-0.3, -0.25) is 15.0 Å². The SMILES string of the molecule is CC(C)c1noc(C2CCN(C(C)C(=O)Nc3nncs3)CC2)n1. The summed E-state index contributed by atoms with van der Waals surface area (Å²) in [6.07, 6.45) is 1.83. The molecule has 0 bridgehead atoms. The predicted molar refractivity (Wildman–Crippen MR) is 89.9 cm³/mol. The highest BCUT2D eigenvalue weighted by atomic mass is 32.1. The summed E-state index contributed by atoms with van der Waals surface area (Å²) in [6.45, 7) is 7.68. The number of likely N-dealkylation sites (tertiary alicyclic amines) is 1. The van der Waals surface area contributed by atoms with Gasteiger partial charge in [-0.25, -0.2) is 0 Å². The van der Waals surface area contributed by atoms with Gasteiger partial charge in [-0.2, -0.15) is 4.98 Å². The summed E-state index contributed by atoms with van der Waals surface area (Å²) in [5, 5.41) is 14.9. The van der Waals surface area contributed by atoms with E-state index >= 15 is 0 Å². The molecule has 24 heavy (non-hydrogen) atoms. The monoisotopic (exact) mass is 350 g/mol. The topological polar surface area (TPSA) is 97.0 Å². The number of nitrogens with zero attached hydrogens (tertiary/aromatic N) is 5. The Bertz CT molecular complexity index is 663. The standard InChI is InChI=1S/C15H22N6O2S/c1-9(2)12-17-14(23-20-12)11-4-6-21(7-5-11)10(3)13(22)18-15-19-16-8-24-15/h8-11H,4-7H2,1-3H3,(H,18,19,22). The van der Waals surface area contributed by atoms with Crippen molar-refractivity contribution in [3.8, 4) is 0 Å². The predicted octanol–water partition coefficient (Wildman–Crippen LogP) is 2.25. The van der Waals surface area contributed by atoms with Crippen LogP contribution in [0.3, 0.4) is 0 Å². The fraction of sp³-hybridized carbons (Fsp3) is 0.667. The minimum absolute atomic E-state index is 0.0508. The van der Waals surface area contributed by atoms with Crippen LogP contribution in [-0.2, 0) is 4.79 Å². The Morgan fingerprint density at radius 2 is 2.12 bits per heavy atom. The summed E-state index contributed by atoms with van der Waals surface area (Å²) < 4.78 is 5.41. The lowest BCUT2D eigenvalue weighted by Crippen LogP contribution is -2.45. The molecule has 1 N–H and O–H groups in total. The molecule has 1 amide bonds. The summed E-state index contributed by atoms with van der Waals surface area (Å²) in [5.74, 6) is 1.98. The van der Waals surface area contributed by atoms with Gasteiger partial charge in [0.2, 0.25) is 16.9 Å². The highest BCUT2D eigenvalue weighted by Gasteiger charge is 2.30. The number of anilines is 1. The van der Waals surface area contributed by atoms with E-state index in [2.05, 4.69) is 44.4 Å². The number of amides is 1. The van der Waals surface area contributed by atoms with E-state index in [0.717, 1.165) is 37.6 Å². The van der Waals surface area contributed by atoms with Crippen molar-refractivity contribution in [1.29, 1.82) is 0 Å². The van der Waals surface area contributed by atoms with Crippen LogP contribution in [0.15, 0.2) is 10.0 Å². The molecule has 0 aliphatic carbocycles. The van der Waals surface area contributed by atoms with Crippen LogP contribution in [0.4, 0.5) is 5.13 Å². The highest BCUT2D eigenvalue weighted by molar-refractivity contribution is 7.13. The Morgan fingerprint density at radius 3 is 2.71 bits per heavy atom. The zero-order valence-corrected chi connectivity index (χ0v) is 14.9. The number of nitrogens with one attached hydrogen (secondary N) is 1. The second-order valence-electron chi connectivity index (χ2n) is 6.36. The first kappa shape index (κ1) is 17.0. The lowest BCUT2D eigenvalue weighted by atomic mass is 9.95. The van der Waals surface area contributed by atoms with Gasteiger partial charge in [0.15, 0.2) is 5.82 Å². The average molecular weight is 350 g/mol. The normalized spacial score (nSPS) is 18.0. The molecule has 2 aromatic rings. The van der Waals surface area contributed by atoms with Crippen LogP contribution in [0.5, 0.6) is 0 Å². The van der Waals surface area contributed by atoms with Gasteiger partial charge in [0, 0.05) is 11.8 Å². The van der Waals surface area contributed by atoms with Crippen molar-refractivity contribution in [2.24, 2.45) is 0 Å². The molecular weight excluding hydrogens is 328 g/mol. The first-order valence-corrected chi connectivity index (χ1v) is 9.07. The zero-order valence-electron chi connectivity index (χ0n) is 14.1. The third kappa shape index (κ3) is 3.78. The Balaban J connectivity index is 1.53. The van der Waals surface area contributed by atoms with Crippen molar-refractivity contribution in [3.05, 3.63) is 17.2 Å². The van der Waals surface area contributed by atoms with Crippen molar-refractivity contribution in [3.63, 3.8) is 0 Å². The van der Waals surface area contributed by atoms with E-state index in [1.54, 1.807) is 5.51 Å². The molecule has 0 spiro atoms. The summed E-state index contributed by atoms with van der Waals surface area (Å²) in [6, 6.07) is -0.205. The number of carbonyl (C=O) groups is 1. The van der Waals surface area contributed by atoms with Crippen LogP contribution in [0.1, 0.15) is 57.2 Å². The molecule has 8 nitrogen and oxygen atoms in total. The van der Waals surface area contributed by atoms with Crippen LogP contribution in [0.25, 0.3) is 0 Å². The maximum Gasteiger partial charge on any atom is 0.243 e. The number of rotatable bonds is 5. The molecule has 1 fully saturated rings. The first-order valence-electron chi connectivity index (χ1n) is 8.19. The molecule has 0 aromatic carbocycles. The minimum Gasteiger partial charge on any atom is -0.339 e. The molecule has 3 rings (SSSR count). The van der Waals surface area contributed by atoms with Crippen LogP contribution in [0.2, 0.25) is 0 Å². The van der Waals surface area contributed by atoms with Crippen LogP contribution in [-0.4, -0.2) is 50.3 Å². The number of piperidine rings is 1. The van der Waals surface area contributed by atoms with Crippen LogP contribution >= 0.6 is 11.3 Å². The lowest BCUT2D eigenvalue weighted by molar-refractivity contribution is -0.121. The van der Waals surface area contributed by atoms with E-state index in [1.807, 2.05) is 6.92 Å². The summed E-state index contributed by atoms with van der Waals surface area (Å²) in [5.41, 5.74) is 1.60. The second kappa shape index (κ2) is 7.35. The molecule has 2 aromatic heterocycles. The van der Waals surface area contributed by atoms with E-state index in [-0.39, 0.29) is 23.8 Å². The molecule has 1 saturated heterocycles. The Hall–Kier alpha value is -1.87. The zero-order chi connectivity index (χ0) is 17.1. The van der Waals surface area contributed by atoms with Crippen molar-refractivity contribution >= 4 is 22.4 Å². The maximum atomic E-state index is 12.3. The van der Waals surface area contributed by atoms with Gasteiger partial charge in [0.1, 0.15) is 5.51 Å². The van der Waals surface area contributed by atoms with Gasteiger partial charge in [-0.05, 0) is 32.9 Å². The molecular formula is C15H22N6O2S. The Labute approximate surface area is 144 Å². The number of carbonyl (C=O) groups excluding carboxylic acids is 1. The quantitative estimate of drug-likeness (QED) is 0.883. The smallest absolute Gasteiger partial charge is 0.243 e. The third-order valence-electron chi connectivity index (χ3n) is 4.37. The molecule has 9 heteroatoms. The summed E-state index contributed by atoms with van der Waals surface area (Å²) in [7, 11) is 0. The molecule has 1 aliphatic rings. The van der Waals surface area contributed by atoms with Gasteiger partial charge in [0.05, 0.1) is 6.04 Å². The fourth-order valence-electron chi connectivity index (χ4n) is 2.78. The fourth-order valence-corrected chi connectivity index (χ4v) is 3.23. The van der Waals surface area contributed by atoms with E-state index in [0.29, 0.717) is 5.13 Å². The molecule has 0 saturated carbocycles. The van der Waals surface area contributed by atoms with Crippen molar-refractivity contribution in [1.82, 2.24) is 25.2 Å². The van der Waals surface area contributed by atoms with Gasteiger partial charge in [-0.15, -0.1) is 10.2 Å². The minimum atomic E-state index is -0.205. The molecule has 130 valence electrons. The molecule has 3 heterocycles. The van der Waals surface area contributed by atoms with Gasteiger partial charge < -0.3 is 4.52 Å². The number of hydrogen-bond acceptors (Lipinski definition) is 8. The lowest BCUT2D eigenvalue weighted by Gasteiger charge is -2.33. The van der Waals surface area contributed by atoms with Gasteiger partial charge >= 0.3 is 0 Å². The molecule has 1 atom stereocenters.